The predicted molar refractivity (Wildman–Crippen MR) is 124 cm³/mol. The van der Waals surface area contributed by atoms with Gasteiger partial charge in [-0.25, -0.2) is 19.5 Å². The molecular weight excluding hydrogens is 420 g/mol. The number of carbonyl (C=O) groups excluding carboxylic acids is 2. The van der Waals surface area contributed by atoms with Gasteiger partial charge in [-0.15, -0.1) is 9.60 Å². The molecule has 0 bridgehead atoms. The molecule has 172 valence electrons. The zero-order valence-electron chi connectivity index (χ0n) is 19.5. The minimum Gasteiger partial charge on any atom is -0.444 e. The SMILES string of the molecule is CN1C(=O)[N+](Cc2ccccc2C#N)(N2CCN(C(=O)OC(C)(C)C)CC2)c2cccnc21. The van der Waals surface area contributed by atoms with Crippen LogP contribution in [0.3, 0.4) is 0 Å². The van der Waals surface area contributed by atoms with Gasteiger partial charge in [-0.1, -0.05) is 18.2 Å². The third kappa shape index (κ3) is 4.03. The zero-order chi connectivity index (χ0) is 23.8. The summed E-state index contributed by atoms with van der Waals surface area (Å²) < 4.78 is 5.43. The Morgan fingerprint density at radius 1 is 1.15 bits per heavy atom. The van der Waals surface area contributed by atoms with Crippen LogP contribution in [0.5, 0.6) is 0 Å². The molecule has 0 N–H and O–H groups in total. The Morgan fingerprint density at radius 3 is 2.52 bits per heavy atom. The van der Waals surface area contributed by atoms with Gasteiger partial charge in [-0.3, -0.25) is 0 Å². The number of hydrogen-bond acceptors (Lipinski definition) is 6. The number of carbonyl (C=O) groups is 2. The Kier molecular flexibility index (Phi) is 5.82. The number of quaternary nitrogens is 1. The van der Waals surface area contributed by atoms with Gasteiger partial charge in [0, 0.05) is 38.0 Å². The molecule has 1 atom stereocenters. The summed E-state index contributed by atoms with van der Waals surface area (Å²) in [6, 6.07) is 13.2. The highest BCUT2D eigenvalue weighted by Crippen LogP contribution is 2.43. The highest BCUT2D eigenvalue weighted by Gasteiger charge is 2.57. The molecule has 1 saturated heterocycles. The number of anilines is 1. The molecule has 3 heterocycles. The van der Waals surface area contributed by atoms with E-state index in [4.69, 9.17) is 4.74 Å². The van der Waals surface area contributed by atoms with E-state index in [1.54, 1.807) is 29.1 Å². The Bertz CT molecular complexity index is 1110. The van der Waals surface area contributed by atoms with E-state index in [1.807, 2.05) is 51.1 Å². The Labute approximate surface area is 193 Å². The van der Waals surface area contributed by atoms with Gasteiger partial charge in [0.25, 0.3) is 0 Å². The quantitative estimate of drug-likeness (QED) is 0.667. The topological polar surface area (TPSA) is 89.8 Å². The smallest absolute Gasteiger partial charge is 0.444 e. The van der Waals surface area contributed by atoms with E-state index >= 15 is 0 Å². The van der Waals surface area contributed by atoms with Gasteiger partial charge < -0.3 is 9.64 Å². The van der Waals surface area contributed by atoms with Crippen molar-refractivity contribution < 1.29 is 14.3 Å². The molecule has 1 unspecified atom stereocenters. The monoisotopic (exact) mass is 449 g/mol. The summed E-state index contributed by atoms with van der Waals surface area (Å²) in [5.41, 5.74) is 1.52. The molecule has 1 aromatic heterocycles. The Hall–Kier alpha value is -3.48. The number of ether oxygens (including phenoxy) is 1. The van der Waals surface area contributed by atoms with Crippen LogP contribution in [0.1, 0.15) is 31.9 Å². The normalized spacial score (nSPS) is 21.0. The number of nitrogens with zero attached hydrogens (tertiary/aromatic N) is 6. The minimum atomic E-state index is -0.568. The first-order valence-corrected chi connectivity index (χ1v) is 11.0. The summed E-state index contributed by atoms with van der Waals surface area (Å²) in [6.07, 6.45) is 1.32. The van der Waals surface area contributed by atoms with Crippen molar-refractivity contribution in [2.45, 2.75) is 32.9 Å². The number of hydrogen-bond donors (Lipinski definition) is 0. The molecule has 0 aliphatic carbocycles. The van der Waals surface area contributed by atoms with Crippen LogP contribution in [0.25, 0.3) is 0 Å². The number of amides is 3. The Morgan fingerprint density at radius 2 is 1.85 bits per heavy atom. The van der Waals surface area contributed by atoms with Gasteiger partial charge in [-0.2, -0.15) is 5.26 Å². The fourth-order valence-corrected chi connectivity index (χ4v) is 4.46. The number of piperazine rings is 1. The molecule has 4 rings (SSSR count). The van der Waals surface area contributed by atoms with E-state index < -0.39 is 5.60 Å². The van der Waals surface area contributed by atoms with Gasteiger partial charge in [0.1, 0.15) is 12.1 Å². The standard InChI is InChI=1S/C24H29N6O3/c1-24(2,3)33-23(32)28-12-14-29(15-13-28)30(17-19-9-6-5-8-18(19)16-25)20-10-7-11-26-21(20)27(4)22(30)31/h5-11H,12-15,17H2,1-4H3/q+1. The van der Waals surface area contributed by atoms with E-state index in [0.29, 0.717) is 37.6 Å². The number of aromatic nitrogens is 1. The largest absolute Gasteiger partial charge is 0.449 e. The van der Waals surface area contributed by atoms with Crippen molar-refractivity contribution in [2.75, 3.05) is 38.1 Å². The first-order chi connectivity index (χ1) is 15.7. The molecule has 9 heteroatoms. The van der Waals surface area contributed by atoms with Gasteiger partial charge in [0.05, 0.1) is 24.7 Å². The zero-order valence-corrected chi connectivity index (χ0v) is 19.5. The van der Waals surface area contributed by atoms with Crippen molar-refractivity contribution in [3.05, 3.63) is 53.7 Å². The molecule has 2 aromatic rings. The maximum atomic E-state index is 13.8. The number of pyridine rings is 1. The first-order valence-electron chi connectivity index (χ1n) is 11.0. The van der Waals surface area contributed by atoms with Crippen molar-refractivity contribution >= 4 is 23.6 Å². The second-order valence-electron chi connectivity index (χ2n) is 9.31. The van der Waals surface area contributed by atoms with Gasteiger partial charge in [0.2, 0.25) is 11.5 Å². The summed E-state index contributed by atoms with van der Waals surface area (Å²) in [6.45, 7) is 7.63. The second kappa shape index (κ2) is 8.46. The summed E-state index contributed by atoms with van der Waals surface area (Å²) in [5.74, 6) is 0.603. The molecule has 33 heavy (non-hydrogen) atoms. The van der Waals surface area contributed by atoms with Crippen LogP contribution in [0.4, 0.5) is 21.1 Å². The van der Waals surface area contributed by atoms with E-state index in [1.165, 1.54) is 0 Å². The maximum absolute atomic E-state index is 13.8. The number of benzene rings is 1. The lowest BCUT2D eigenvalue weighted by Gasteiger charge is -2.44. The van der Waals surface area contributed by atoms with Crippen molar-refractivity contribution in [3.8, 4) is 6.07 Å². The van der Waals surface area contributed by atoms with E-state index in [9.17, 15) is 14.9 Å². The van der Waals surface area contributed by atoms with Gasteiger partial charge in [-0.05, 0) is 32.9 Å². The molecule has 0 spiro atoms. The Balaban J connectivity index is 1.70. The molecule has 1 aromatic carbocycles. The lowest BCUT2D eigenvalue weighted by Crippen LogP contribution is -2.68. The highest BCUT2D eigenvalue weighted by molar-refractivity contribution is 6.07. The van der Waals surface area contributed by atoms with Gasteiger partial charge >= 0.3 is 12.1 Å². The van der Waals surface area contributed by atoms with E-state index in [0.717, 1.165) is 11.3 Å². The van der Waals surface area contributed by atoms with Gasteiger partial charge in [0.15, 0.2) is 0 Å². The number of urea groups is 1. The molecule has 1 fully saturated rings. The third-order valence-corrected chi connectivity index (χ3v) is 6.01. The van der Waals surface area contributed by atoms with Crippen LogP contribution in [-0.2, 0) is 11.3 Å². The van der Waals surface area contributed by atoms with Crippen LogP contribution >= 0.6 is 0 Å². The summed E-state index contributed by atoms with van der Waals surface area (Å²) in [7, 11) is 1.72. The van der Waals surface area contributed by atoms with E-state index in [-0.39, 0.29) is 23.3 Å². The van der Waals surface area contributed by atoms with Crippen molar-refractivity contribution in [1.29, 1.82) is 5.26 Å². The third-order valence-electron chi connectivity index (χ3n) is 6.01. The number of nitriles is 1. The highest BCUT2D eigenvalue weighted by atomic mass is 16.6. The molecule has 9 nitrogen and oxygen atoms in total. The summed E-state index contributed by atoms with van der Waals surface area (Å²) in [5, 5.41) is 11.7. The number of fused-ring (bicyclic) bond motifs is 1. The van der Waals surface area contributed by atoms with Crippen LogP contribution in [0, 0.1) is 11.3 Å². The predicted octanol–water partition coefficient (Wildman–Crippen LogP) is 3.50. The molecule has 2 aliphatic heterocycles. The average molecular weight is 450 g/mol. The fraction of sp³-hybridized carbons (Fsp3) is 0.417. The number of rotatable bonds is 3. The summed E-state index contributed by atoms with van der Waals surface area (Å²) >= 11 is 0. The van der Waals surface area contributed by atoms with Crippen molar-refractivity contribution in [2.24, 2.45) is 0 Å². The lowest BCUT2D eigenvalue weighted by atomic mass is 10.1. The van der Waals surface area contributed by atoms with Crippen LogP contribution < -0.4 is 9.49 Å². The maximum Gasteiger partial charge on any atom is 0.449 e. The average Bonchev–Trinajstić information content (AvgIpc) is 3.01. The molecule has 3 amide bonds. The minimum absolute atomic E-state index is 0.0967. The fourth-order valence-electron chi connectivity index (χ4n) is 4.46. The molecule has 0 saturated carbocycles. The second-order valence-corrected chi connectivity index (χ2v) is 9.31. The van der Waals surface area contributed by atoms with Crippen LogP contribution in [-0.4, -0.2) is 65.8 Å². The lowest BCUT2D eigenvalue weighted by molar-refractivity contribution is -0.0293. The van der Waals surface area contributed by atoms with Crippen molar-refractivity contribution in [3.63, 3.8) is 0 Å². The molecule has 0 radical (unpaired) electrons. The summed E-state index contributed by atoms with van der Waals surface area (Å²) in [4.78, 5) is 34.1. The first kappa shape index (κ1) is 22.7. The van der Waals surface area contributed by atoms with E-state index in [2.05, 4.69) is 16.1 Å². The van der Waals surface area contributed by atoms with Crippen molar-refractivity contribution in [1.82, 2.24) is 19.5 Å². The molecule has 2 aliphatic rings. The molecular formula is C24H29N6O3+. The van der Waals surface area contributed by atoms with Crippen LogP contribution in [0.15, 0.2) is 42.6 Å². The van der Waals surface area contributed by atoms with Crippen LogP contribution in [0.2, 0.25) is 0 Å².